The number of fused-ring (bicyclic) bond motifs is 3. The second kappa shape index (κ2) is 6.13. The van der Waals surface area contributed by atoms with Gasteiger partial charge in [0.25, 0.3) is 0 Å². The first kappa shape index (κ1) is 15.9. The van der Waals surface area contributed by atoms with Crippen LogP contribution in [-0.2, 0) is 0 Å². The molecule has 0 aliphatic carbocycles. The molecule has 136 valence electrons. The van der Waals surface area contributed by atoms with Gasteiger partial charge in [-0.3, -0.25) is 0 Å². The molecule has 5 rings (SSSR count). The lowest BCUT2D eigenvalue weighted by Gasteiger charge is -2.51. The number of nitrogens with one attached hydrogen (secondary N) is 2. The summed E-state index contributed by atoms with van der Waals surface area (Å²) in [4.78, 5) is 2.51. The fourth-order valence-electron chi connectivity index (χ4n) is 4.93. The van der Waals surface area contributed by atoms with E-state index in [0.717, 1.165) is 48.9 Å². The normalized spacial score (nSPS) is 23.8. The van der Waals surface area contributed by atoms with E-state index in [-0.39, 0.29) is 5.75 Å². The molecule has 0 amide bonds. The SMILES string of the molecule is Oc1ccccc1-c1cc2c(nn1)NCC1CC3(CCNCC3)CCN21. The first-order chi connectivity index (χ1) is 12.7. The molecule has 0 radical (unpaired) electrons. The summed E-state index contributed by atoms with van der Waals surface area (Å²) < 4.78 is 0. The van der Waals surface area contributed by atoms with Crippen LogP contribution in [0.5, 0.6) is 5.75 Å². The number of piperidine rings is 2. The summed E-state index contributed by atoms with van der Waals surface area (Å²) in [5.74, 6) is 1.11. The second-order valence-electron chi connectivity index (χ2n) is 7.91. The number of benzene rings is 1. The highest BCUT2D eigenvalue weighted by Gasteiger charge is 2.42. The van der Waals surface area contributed by atoms with Crippen LogP contribution in [0.4, 0.5) is 11.5 Å². The van der Waals surface area contributed by atoms with Crippen molar-refractivity contribution in [3.05, 3.63) is 30.3 Å². The van der Waals surface area contributed by atoms with Gasteiger partial charge in [-0.25, -0.2) is 0 Å². The standard InChI is InChI=1S/C20H25N5O/c26-18-4-2-1-3-15(18)16-11-17-19(24-23-16)22-13-14-12-20(7-10-25(14)17)5-8-21-9-6-20/h1-4,11,14,21,26H,5-10,12-13H2,(H,22,24). The summed E-state index contributed by atoms with van der Waals surface area (Å²) in [5, 5.41) is 25.9. The molecule has 1 atom stereocenters. The zero-order valence-electron chi connectivity index (χ0n) is 14.9. The number of aromatic hydroxyl groups is 1. The van der Waals surface area contributed by atoms with Crippen molar-refractivity contribution in [3.63, 3.8) is 0 Å². The fourth-order valence-corrected chi connectivity index (χ4v) is 4.93. The zero-order valence-corrected chi connectivity index (χ0v) is 14.9. The van der Waals surface area contributed by atoms with Gasteiger partial charge in [-0.1, -0.05) is 12.1 Å². The molecule has 0 saturated carbocycles. The summed E-state index contributed by atoms with van der Waals surface area (Å²) >= 11 is 0. The zero-order chi connectivity index (χ0) is 17.6. The van der Waals surface area contributed by atoms with Crippen LogP contribution in [-0.4, -0.2) is 47.5 Å². The highest BCUT2D eigenvalue weighted by atomic mass is 16.3. The number of hydrogen-bond acceptors (Lipinski definition) is 6. The molecule has 1 unspecified atom stereocenters. The predicted molar refractivity (Wildman–Crippen MR) is 103 cm³/mol. The molecule has 3 aliphatic rings. The number of anilines is 2. The summed E-state index contributed by atoms with van der Waals surface area (Å²) in [6.45, 7) is 4.32. The molecule has 3 N–H and O–H groups in total. The summed E-state index contributed by atoms with van der Waals surface area (Å²) in [5.41, 5.74) is 3.09. The van der Waals surface area contributed by atoms with Crippen molar-refractivity contribution in [2.24, 2.45) is 5.41 Å². The maximum Gasteiger partial charge on any atom is 0.172 e. The van der Waals surface area contributed by atoms with Crippen molar-refractivity contribution in [2.75, 3.05) is 36.4 Å². The Bertz CT molecular complexity index is 818. The lowest BCUT2D eigenvalue weighted by atomic mass is 9.69. The van der Waals surface area contributed by atoms with Gasteiger partial charge in [0.2, 0.25) is 0 Å². The van der Waals surface area contributed by atoms with Gasteiger partial charge in [0, 0.05) is 24.7 Å². The van der Waals surface area contributed by atoms with Gasteiger partial charge >= 0.3 is 0 Å². The molecule has 2 aromatic rings. The Kier molecular flexibility index (Phi) is 3.74. The van der Waals surface area contributed by atoms with Gasteiger partial charge in [-0.2, -0.15) is 0 Å². The minimum atomic E-state index is 0.245. The van der Waals surface area contributed by atoms with E-state index < -0.39 is 0 Å². The first-order valence-corrected chi connectivity index (χ1v) is 9.61. The average molecular weight is 351 g/mol. The largest absolute Gasteiger partial charge is 0.507 e. The minimum absolute atomic E-state index is 0.245. The molecular weight excluding hydrogens is 326 g/mol. The van der Waals surface area contributed by atoms with Crippen LogP contribution in [0.1, 0.15) is 25.7 Å². The summed E-state index contributed by atoms with van der Waals surface area (Å²) in [7, 11) is 0. The third kappa shape index (κ3) is 2.60. The molecule has 0 bridgehead atoms. The quantitative estimate of drug-likeness (QED) is 0.733. The van der Waals surface area contributed by atoms with Crippen molar-refractivity contribution in [1.29, 1.82) is 0 Å². The highest BCUT2D eigenvalue weighted by molar-refractivity contribution is 5.76. The molecular formula is C20H25N5O. The molecule has 26 heavy (non-hydrogen) atoms. The Labute approximate surface area is 153 Å². The van der Waals surface area contributed by atoms with Crippen molar-refractivity contribution >= 4 is 11.5 Å². The predicted octanol–water partition coefficient (Wildman–Crippen LogP) is 2.61. The second-order valence-corrected chi connectivity index (χ2v) is 7.91. The van der Waals surface area contributed by atoms with Crippen LogP contribution >= 0.6 is 0 Å². The van der Waals surface area contributed by atoms with Gasteiger partial charge < -0.3 is 20.6 Å². The average Bonchev–Trinajstić information content (AvgIpc) is 2.68. The lowest BCUT2D eigenvalue weighted by Crippen LogP contribution is -2.54. The maximum atomic E-state index is 10.2. The van der Waals surface area contributed by atoms with Gasteiger partial charge in [-0.05, 0) is 62.4 Å². The van der Waals surface area contributed by atoms with E-state index in [2.05, 4.69) is 31.8 Å². The molecule has 2 saturated heterocycles. The number of phenolic OH excluding ortho intramolecular Hbond substituents is 1. The summed E-state index contributed by atoms with van der Waals surface area (Å²) in [6, 6.07) is 9.91. The lowest BCUT2D eigenvalue weighted by molar-refractivity contribution is 0.132. The van der Waals surface area contributed by atoms with Crippen molar-refractivity contribution in [2.45, 2.75) is 31.7 Å². The van der Waals surface area contributed by atoms with Crippen LogP contribution in [0.25, 0.3) is 11.3 Å². The number of para-hydroxylation sites is 1. The highest BCUT2D eigenvalue weighted by Crippen LogP contribution is 2.46. The monoisotopic (exact) mass is 351 g/mol. The fraction of sp³-hybridized carbons (Fsp3) is 0.500. The van der Waals surface area contributed by atoms with Crippen LogP contribution in [0.3, 0.4) is 0 Å². The molecule has 6 heteroatoms. The third-order valence-electron chi connectivity index (χ3n) is 6.43. The van der Waals surface area contributed by atoms with E-state index in [9.17, 15) is 5.11 Å². The van der Waals surface area contributed by atoms with Gasteiger partial charge in [0.1, 0.15) is 5.75 Å². The number of hydrogen-bond donors (Lipinski definition) is 3. The van der Waals surface area contributed by atoms with E-state index in [4.69, 9.17) is 0 Å². The van der Waals surface area contributed by atoms with Gasteiger partial charge in [0.15, 0.2) is 5.82 Å². The Morgan fingerprint density at radius 2 is 1.96 bits per heavy atom. The maximum absolute atomic E-state index is 10.2. The number of aromatic nitrogens is 2. The van der Waals surface area contributed by atoms with Gasteiger partial charge in [-0.15, -0.1) is 10.2 Å². The smallest absolute Gasteiger partial charge is 0.172 e. The van der Waals surface area contributed by atoms with E-state index in [1.807, 2.05) is 18.2 Å². The van der Waals surface area contributed by atoms with Crippen LogP contribution in [0.15, 0.2) is 30.3 Å². The van der Waals surface area contributed by atoms with E-state index in [1.54, 1.807) is 6.07 Å². The van der Waals surface area contributed by atoms with E-state index in [1.165, 1.54) is 25.7 Å². The van der Waals surface area contributed by atoms with Crippen molar-refractivity contribution in [1.82, 2.24) is 15.5 Å². The first-order valence-electron chi connectivity index (χ1n) is 9.61. The number of nitrogens with zero attached hydrogens (tertiary/aromatic N) is 3. The molecule has 3 aliphatic heterocycles. The molecule has 6 nitrogen and oxygen atoms in total. The molecule has 1 aromatic heterocycles. The third-order valence-corrected chi connectivity index (χ3v) is 6.43. The molecule has 4 heterocycles. The molecule has 1 spiro atoms. The topological polar surface area (TPSA) is 73.3 Å². The number of rotatable bonds is 1. The Morgan fingerprint density at radius 1 is 1.12 bits per heavy atom. The Morgan fingerprint density at radius 3 is 2.81 bits per heavy atom. The van der Waals surface area contributed by atoms with Crippen LogP contribution < -0.4 is 15.5 Å². The van der Waals surface area contributed by atoms with E-state index >= 15 is 0 Å². The van der Waals surface area contributed by atoms with Crippen LogP contribution in [0, 0.1) is 5.41 Å². The number of phenols is 1. The minimum Gasteiger partial charge on any atom is -0.507 e. The molecule has 2 fully saturated rings. The molecule has 1 aromatic carbocycles. The van der Waals surface area contributed by atoms with Crippen molar-refractivity contribution in [3.8, 4) is 17.0 Å². The van der Waals surface area contributed by atoms with E-state index in [0.29, 0.717) is 11.5 Å². The van der Waals surface area contributed by atoms with Crippen LogP contribution in [0.2, 0.25) is 0 Å². The summed E-state index contributed by atoms with van der Waals surface area (Å²) in [6.07, 6.45) is 5.08. The Balaban J connectivity index is 1.46. The van der Waals surface area contributed by atoms with Gasteiger partial charge in [0.05, 0.1) is 11.4 Å². The Hall–Kier alpha value is -2.34. The van der Waals surface area contributed by atoms with Crippen molar-refractivity contribution < 1.29 is 5.11 Å².